The van der Waals surface area contributed by atoms with Crippen molar-refractivity contribution in [3.63, 3.8) is 0 Å². The average Bonchev–Trinajstić information content (AvgIpc) is 2.09. The number of nitrogen functional groups attached to an aromatic ring is 1. The molecule has 0 aromatic heterocycles. The van der Waals surface area contributed by atoms with Crippen molar-refractivity contribution >= 4 is 29.1 Å². The molecular weight excluding hydrogens is 202 g/mol. The fourth-order valence-electron chi connectivity index (χ4n) is 0.977. The minimum absolute atomic E-state index is 0.706. The van der Waals surface area contributed by atoms with Crippen LogP contribution in [0.15, 0.2) is 23.1 Å². The molecule has 1 nitrogen and oxygen atoms in total. The lowest BCUT2D eigenvalue weighted by molar-refractivity contribution is 0.896. The predicted octanol–water partition coefficient (Wildman–Crippen LogP) is 3.81. The Morgan fingerprint density at radius 2 is 2.23 bits per heavy atom. The van der Waals surface area contributed by atoms with E-state index in [0.717, 1.165) is 16.3 Å². The highest BCUT2D eigenvalue weighted by molar-refractivity contribution is 7.99. The molecule has 0 atom stereocenters. The van der Waals surface area contributed by atoms with Crippen molar-refractivity contribution in [3.8, 4) is 0 Å². The third kappa shape index (κ3) is 3.49. The van der Waals surface area contributed by atoms with Gasteiger partial charge < -0.3 is 5.73 Å². The molecule has 1 rings (SSSR count). The van der Waals surface area contributed by atoms with Gasteiger partial charge in [0.25, 0.3) is 0 Å². The summed E-state index contributed by atoms with van der Waals surface area (Å²) in [5.74, 6) is 1.13. The Morgan fingerprint density at radius 1 is 1.46 bits per heavy atom. The molecule has 0 amide bonds. The summed E-state index contributed by atoms with van der Waals surface area (Å²) in [4.78, 5) is 1.14. The van der Waals surface area contributed by atoms with Crippen LogP contribution < -0.4 is 5.73 Å². The molecule has 0 saturated carbocycles. The molecule has 1 aromatic carbocycles. The van der Waals surface area contributed by atoms with E-state index in [1.165, 1.54) is 12.8 Å². The number of hydrogen-bond donors (Lipinski definition) is 1. The quantitative estimate of drug-likeness (QED) is 0.470. The summed E-state index contributed by atoms with van der Waals surface area (Å²) in [6.45, 7) is 2.19. The fraction of sp³-hybridized carbons (Fsp3) is 0.400. The van der Waals surface area contributed by atoms with E-state index in [0.29, 0.717) is 5.02 Å². The Morgan fingerprint density at radius 3 is 2.85 bits per heavy atom. The van der Waals surface area contributed by atoms with Gasteiger partial charge in [0.15, 0.2) is 0 Å². The maximum atomic E-state index is 5.80. The SMILES string of the molecule is CCCCSc1ccc(Cl)cc1N. The molecule has 0 aliphatic rings. The van der Waals surface area contributed by atoms with Crippen LogP contribution in [0.1, 0.15) is 19.8 Å². The lowest BCUT2D eigenvalue weighted by Crippen LogP contribution is -1.88. The van der Waals surface area contributed by atoms with Gasteiger partial charge in [-0.2, -0.15) is 0 Å². The number of benzene rings is 1. The lowest BCUT2D eigenvalue weighted by atomic mass is 10.3. The molecule has 13 heavy (non-hydrogen) atoms. The monoisotopic (exact) mass is 215 g/mol. The van der Waals surface area contributed by atoms with E-state index in [9.17, 15) is 0 Å². The maximum absolute atomic E-state index is 5.80. The van der Waals surface area contributed by atoms with Crippen LogP contribution in [-0.4, -0.2) is 5.75 Å². The smallest absolute Gasteiger partial charge is 0.0467 e. The van der Waals surface area contributed by atoms with Crippen LogP contribution in [0.3, 0.4) is 0 Å². The molecule has 0 heterocycles. The standard InChI is InChI=1S/C10H14ClNS/c1-2-3-6-13-10-5-4-8(11)7-9(10)12/h4-5,7H,2-3,6,12H2,1H3. The fourth-order valence-corrected chi connectivity index (χ4v) is 2.20. The van der Waals surface area contributed by atoms with E-state index >= 15 is 0 Å². The normalized spacial score (nSPS) is 10.3. The first-order valence-corrected chi connectivity index (χ1v) is 5.78. The zero-order chi connectivity index (χ0) is 9.68. The molecule has 0 radical (unpaired) electrons. The number of anilines is 1. The second kappa shape index (κ2) is 5.40. The van der Waals surface area contributed by atoms with E-state index < -0.39 is 0 Å². The minimum atomic E-state index is 0.706. The summed E-state index contributed by atoms with van der Waals surface area (Å²) in [5, 5.41) is 0.706. The van der Waals surface area contributed by atoms with E-state index in [2.05, 4.69) is 6.92 Å². The summed E-state index contributed by atoms with van der Waals surface area (Å²) in [5.41, 5.74) is 6.58. The van der Waals surface area contributed by atoms with Crippen molar-refractivity contribution in [1.29, 1.82) is 0 Å². The lowest BCUT2D eigenvalue weighted by Gasteiger charge is -2.04. The molecule has 1 aromatic rings. The molecule has 0 aliphatic heterocycles. The predicted molar refractivity (Wildman–Crippen MR) is 61.5 cm³/mol. The maximum Gasteiger partial charge on any atom is 0.0467 e. The molecular formula is C10H14ClNS. The average molecular weight is 216 g/mol. The van der Waals surface area contributed by atoms with Crippen LogP contribution in [-0.2, 0) is 0 Å². The second-order valence-corrected chi connectivity index (χ2v) is 4.46. The van der Waals surface area contributed by atoms with Gasteiger partial charge in [-0.3, -0.25) is 0 Å². The molecule has 0 saturated heterocycles. The topological polar surface area (TPSA) is 26.0 Å². The van der Waals surface area contributed by atoms with Crippen molar-refractivity contribution < 1.29 is 0 Å². The van der Waals surface area contributed by atoms with E-state index in [1.807, 2.05) is 12.1 Å². The number of unbranched alkanes of at least 4 members (excludes halogenated alkanes) is 1. The zero-order valence-corrected chi connectivity index (χ0v) is 9.29. The van der Waals surface area contributed by atoms with Gasteiger partial charge in [0.1, 0.15) is 0 Å². The van der Waals surface area contributed by atoms with E-state index in [4.69, 9.17) is 17.3 Å². The van der Waals surface area contributed by atoms with E-state index in [1.54, 1.807) is 17.8 Å². The summed E-state index contributed by atoms with van der Waals surface area (Å²) >= 11 is 7.59. The number of rotatable bonds is 4. The van der Waals surface area contributed by atoms with Gasteiger partial charge >= 0.3 is 0 Å². The molecule has 72 valence electrons. The highest BCUT2D eigenvalue weighted by atomic mass is 35.5. The second-order valence-electron chi connectivity index (χ2n) is 2.88. The summed E-state index contributed by atoms with van der Waals surface area (Å²) in [6, 6.07) is 5.67. The Kier molecular flexibility index (Phi) is 4.46. The van der Waals surface area contributed by atoms with Gasteiger partial charge in [0.2, 0.25) is 0 Å². The third-order valence-corrected chi connectivity index (χ3v) is 3.14. The molecule has 3 heteroatoms. The molecule has 0 fully saturated rings. The van der Waals surface area contributed by atoms with Crippen molar-refractivity contribution in [2.45, 2.75) is 24.7 Å². The first-order valence-electron chi connectivity index (χ1n) is 4.42. The van der Waals surface area contributed by atoms with Crippen molar-refractivity contribution in [2.75, 3.05) is 11.5 Å². The highest BCUT2D eigenvalue weighted by Crippen LogP contribution is 2.28. The van der Waals surface area contributed by atoms with Gasteiger partial charge in [-0.15, -0.1) is 11.8 Å². The van der Waals surface area contributed by atoms with Crippen LogP contribution in [0.25, 0.3) is 0 Å². The molecule has 0 unspecified atom stereocenters. The molecule has 0 bridgehead atoms. The van der Waals surface area contributed by atoms with Crippen LogP contribution >= 0.6 is 23.4 Å². The van der Waals surface area contributed by atoms with Gasteiger partial charge in [0.05, 0.1) is 0 Å². The summed E-state index contributed by atoms with van der Waals surface area (Å²) < 4.78 is 0. The molecule has 2 N–H and O–H groups in total. The molecule has 0 aliphatic carbocycles. The van der Waals surface area contributed by atoms with Crippen LogP contribution in [0.4, 0.5) is 5.69 Å². The van der Waals surface area contributed by atoms with Gasteiger partial charge in [0, 0.05) is 15.6 Å². The highest BCUT2D eigenvalue weighted by Gasteiger charge is 1.99. The Balaban J connectivity index is 2.56. The van der Waals surface area contributed by atoms with Gasteiger partial charge in [-0.1, -0.05) is 24.9 Å². The van der Waals surface area contributed by atoms with Crippen molar-refractivity contribution in [2.24, 2.45) is 0 Å². The first kappa shape index (κ1) is 10.7. The Bertz CT molecular complexity index is 276. The summed E-state index contributed by atoms with van der Waals surface area (Å²) in [6.07, 6.45) is 2.45. The number of nitrogens with two attached hydrogens (primary N) is 1. The molecule has 0 spiro atoms. The zero-order valence-electron chi connectivity index (χ0n) is 7.72. The van der Waals surface area contributed by atoms with E-state index in [-0.39, 0.29) is 0 Å². The van der Waals surface area contributed by atoms with Gasteiger partial charge in [-0.05, 0) is 30.4 Å². The number of thioether (sulfide) groups is 1. The first-order chi connectivity index (χ1) is 6.24. The largest absolute Gasteiger partial charge is 0.398 e. The number of halogens is 1. The minimum Gasteiger partial charge on any atom is -0.398 e. The van der Waals surface area contributed by atoms with Crippen molar-refractivity contribution in [1.82, 2.24) is 0 Å². The summed E-state index contributed by atoms with van der Waals surface area (Å²) in [7, 11) is 0. The van der Waals surface area contributed by atoms with Crippen LogP contribution in [0.2, 0.25) is 5.02 Å². The van der Waals surface area contributed by atoms with Crippen molar-refractivity contribution in [3.05, 3.63) is 23.2 Å². The van der Waals surface area contributed by atoms with Crippen LogP contribution in [0.5, 0.6) is 0 Å². The number of hydrogen-bond acceptors (Lipinski definition) is 2. The Hall–Kier alpha value is -0.340. The van der Waals surface area contributed by atoms with Crippen LogP contribution in [0, 0.1) is 0 Å². The van der Waals surface area contributed by atoms with Gasteiger partial charge in [-0.25, -0.2) is 0 Å². The Labute approximate surface area is 88.7 Å². The third-order valence-electron chi connectivity index (χ3n) is 1.73.